The zero-order valence-electron chi connectivity index (χ0n) is 14.4. The van der Waals surface area contributed by atoms with Crippen molar-refractivity contribution in [1.82, 2.24) is 10.6 Å². The highest BCUT2D eigenvalue weighted by Crippen LogP contribution is 2.55. The van der Waals surface area contributed by atoms with Crippen molar-refractivity contribution < 1.29 is 4.79 Å². The SMILES string of the molecule is C[C@@H](NCC(=O)NC12CC3CC(CC(C3)C1)C2)c1ccc(Cl)cc1. The number of carbonyl (C=O) groups excluding carboxylic acids is 1. The van der Waals surface area contributed by atoms with E-state index in [0.29, 0.717) is 6.54 Å². The number of rotatable bonds is 5. The van der Waals surface area contributed by atoms with Gasteiger partial charge in [-0.1, -0.05) is 23.7 Å². The topological polar surface area (TPSA) is 41.1 Å². The van der Waals surface area contributed by atoms with E-state index in [2.05, 4.69) is 17.6 Å². The van der Waals surface area contributed by atoms with Gasteiger partial charge in [-0.15, -0.1) is 0 Å². The predicted octanol–water partition coefficient (Wildman–Crippen LogP) is 4.08. The lowest BCUT2D eigenvalue weighted by molar-refractivity contribution is -0.126. The van der Waals surface area contributed by atoms with E-state index in [1.807, 2.05) is 24.3 Å². The molecule has 3 nitrogen and oxygen atoms in total. The van der Waals surface area contributed by atoms with E-state index in [-0.39, 0.29) is 17.5 Å². The highest BCUT2D eigenvalue weighted by molar-refractivity contribution is 6.30. The normalized spacial score (nSPS) is 35.0. The first-order chi connectivity index (χ1) is 11.5. The summed E-state index contributed by atoms with van der Waals surface area (Å²) in [5.41, 5.74) is 1.26. The Kier molecular flexibility index (Phi) is 4.34. The van der Waals surface area contributed by atoms with Crippen molar-refractivity contribution in [2.24, 2.45) is 17.8 Å². The Morgan fingerprint density at radius 3 is 2.21 bits per heavy atom. The van der Waals surface area contributed by atoms with Crippen LogP contribution in [0.5, 0.6) is 0 Å². The standard InChI is InChI=1S/C20H27ClN2O/c1-13(17-2-4-18(21)5-3-17)22-12-19(24)23-20-9-14-6-15(10-20)8-16(7-14)11-20/h2-5,13-16,22H,6-12H2,1H3,(H,23,24)/t13-,14?,15?,16?,20?/m1/s1. The summed E-state index contributed by atoms with van der Waals surface area (Å²) >= 11 is 5.93. The molecule has 4 saturated carbocycles. The van der Waals surface area contributed by atoms with Gasteiger partial charge in [-0.25, -0.2) is 0 Å². The molecule has 1 aromatic carbocycles. The van der Waals surface area contributed by atoms with Crippen LogP contribution in [0, 0.1) is 17.8 Å². The minimum absolute atomic E-state index is 0.108. The van der Waals surface area contributed by atoms with Crippen molar-refractivity contribution in [2.45, 2.75) is 57.0 Å². The number of hydrogen-bond donors (Lipinski definition) is 2. The summed E-state index contributed by atoms with van der Waals surface area (Å²) in [7, 11) is 0. The molecule has 0 aromatic heterocycles. The van der Waals surface area contributed by atoms with Crippen LogP contribution < -0.4 is 10.6 Å². The van der Waals surface area contributed by atoms with Crippen molar-refractivity contribution in [3.05, 3.63) is 34.9 Å². The fourth-order valence-electron chi connectivity index (χ4n) is 5.72. The van der Waals surface area contributed by atoms with Crippen molar-refractivity contribution in [3.63, 3.8) is 0 Å². The van der Waals surface area contributed by atoms with Gasteiger partial charge in [0, 0.05) is 16.6 Å². The van der Waals surface area contributed by atoms with Gasteiger partial charge in [-0.3, -0.25) is 4.79 Å². The monoisotopic (exact) mass is 346 g/mol. The Morgan fingerprint density at radius 1 is 1.12 bits per heavy atom. The molecule has 4 fully saturated rings. The maximum absolute atomic E-state index is 12.5. The van der Waals surface area contributed by atoms with Gasteiger partial charge < -0.3 is 10.6 Å². The van der Waals surface area contributed by atoms with Crippen LogP contribution in [0.1, 0.15) is 57.1 Å². The zero-order valence-corrected chi connectivity index (χ0v) is 15.1. The fraction of sp³-hybridized carbons (Fsp3) is 0.650. The van der Waals surface area contributed by atoms with Crippen LogP contribution >= 0.6 is 11.6 Å². The molecule has 4 bridgehead atoms. The minimum Gasteiger partial charge on any atom is -0.350 e. The highest BCUT2D eigenvalue weighted by Gasteiger charge is 2.51. The molecule has 4 heteroatoms. The molecule has 0 unspecified atom stereocenters. The lowest BCUT2D eigenvalue weighted by atomic mass is 9.53. The van der Waals surface area contributed by atoms with E-state index < -0.39 is 0 Å². The van der Waals surface area contributed by atoms with E-state index in [1.165, 1.54) is 38.5 Å². The van der Waals surface area contributed by atoms with E-state index in [1.54, 1.807) is 0 Å². The van der Waals surface area contributed by atoms with Crippen molar-refractivity contribution in [3.8, 4) is 0 Å². The quantitative estimate of drug-likeness (QED) is 0.843. The molecule has 0 aliphatic heterocycles. The summed E-state index contributed by atoms with van der Waals surface area (Å²) in [4.78, 5) is 12.5. The van der Waals surface area contributed by atoms with Crippen LogP contribution in [-0.2, 0) is 4.79 Å². The van der Waals surface area contributed by atoms with Gasteiger partial charge in [0.2, 0.25) is 5.91 Å². The molecule has 4 aliphatic carbocycles. The molecule has 130 valence electrons. The average Bonchev–Trinajstić information content (AvgIpc) is 2.51. The molecule has 1 aromatic rings. The first kappa shape index (κ1) is 16.4. The number of amides is 1. The maximum Gasteiger partial charge on any atom is 0.234 e. The first-order valence-electron chi connectivity index (χ1n) is 9.31. The third-order valence-electron chi connectivity index (χ3n) is 6.38. The van der Waals surface area contributed by atoms with E-state index in [0.717, 1.165) is 28.3 Å². The second-order valence-corrected chi connectivity index (χ2v) is 8.84. The molecule has 2 N–H and O–H groups in total. The molecular formula is C20H27ClN2O. The maximum atomic E-state index is 12.5. The second kappa shape index (κ2) is 6.34. The molecular weight excluding hydrogens is 320 g/mol. The lowest BCUT2D eigenvalue weighted by Crippen LogP contribution is -2.60. The van der Waals surface area contributed by atoms with Crippen LogP contribution in [0.3, 0.4) is 0 Å². The van der Waals surface area contributed by atoms with Crippen LogP contribution in [0.2, 0.25) is 5.02 Å². The average molecular weight is 347 g/mol. The zero-order chi connectivity index (χ0) is 16.7. The molecule has 0 saturated heterocycles. The van der Waals surface area contributed by atoms with Gasteiger partial charge in [0.1, 0.15) is 0 Å². The molecule has 0 heterocycles. The molecule has 0 radical (unpaired) electrons. The molecule has 1 atom stereocenters. The van der Waals surface area contributed by atoms with E-state index in [4.69, 9.17) is 11.6 Å². The number of hydrogen-bond acceptors (Lipinski definition) is 2. The predicted molar refractivity (Wildman–Crippen MR) is 96.9 cm³/mol. The Bertz CT molecular complexity index is 577. The summed E-state index contributed by atoms with van der Waals surface area (Å²) in [6, 6.07) is 7.95. The van der Waals surface area contributed by atoms with Gasteiger partial charge in [0.25, 0.3) is 0 Å². The van der Waals surface area contributed by atoms with E-state index >= 15 is 0 Å². The van der Waals surface area contributed by atoms with Gasteiger partial charge in [-0.05, 0) is 80.9 Å². The molecule has 0 spiro atoms. The van der Waals surface area contributed by atoms with Gasteiger partial charge in [0.05, 0.1) is 6.54 Å². The van der Waals surface area contributed by atoms with E-state index in [9.17, 15) is 4.79 Å². The summed E-state index contributed by atoms with van der Waals surface area (Å²) < 4.78 is 0. The smallest absolute Gasteiger partial charge is 0.234 e. The van der Waals surface area contributed by atoms with Crippen LogP contribution in [-0.4, -0.2) is 18.0 Å². The summed E-state index contributed by atoms with van der Waals surface area (Å²) in [6.07, 6.45) is 7.83. The lowest BCUT2D eigenvalue weighted by Gasteiger charge is -2.56. The van der Waals surface area contributed by atoms with Crippen LogP contribution in [0.15, 0.2) is 24.3 Å². The Hall–Kier alpha value is -1.06. The Morgan fingerprint density at radius 2 is 1.67 bits per heavy atom. The third-order valence-corrected chi connectivity index (χ3v) is 6.63. The molecule has 4 aliphatic rings. The third kappa shape index (κ3) is 3.34. The summed E-state index contributed by atoms with van der Waals surface area (Å²) in [6.45, 7) is 2.47. The van der Waals surface area contributed by atoms with Gasteiger partial charge >= 0.3 is 0 Å². The minimum atomic E-state index is 0.108. The first-order valence-corrected chi connectivity index (χ1v) is 9.69. The number of benzene rings is 1. The molecule has 5 rings (SSSR count). The highest BCUT2D eigenvalue weighted by atomic mass is 35.5. The number of carbonyl (C=O) groups is 1. The Labute approximate surface area is 149 Å². The van der Waals surface area contributed by atoms with Crippen LogP contribution in [0.4, 0.5) is 0 Å². The van der Waals surface area contributed by atoms with Gasteiger partial charge in [0.15, 0.2) is 0 Å². The van der Waals surface area contributed by atoms with Crippen molar-refractivity contribution in [2.75, 3.05) is 6.54 Å². The fourth-order valence-corrected chi connectivity index (χ4v) is 5.84. The molecule has 1 amide bonds. The summed E-state index contributed by atoms with van der Waals surface area (Å²) in [5, 5.41) is 7.50. The Balaban J connectivity index is 1.31. The van der Waals surface area contributed by atoms with Gasteiger partial charge in [-0.2, -0.15) is 0 Å². The van der Waals surface area contributed by atoms with Crippen molar-refractivity contribution >= 4 is 17.5 Å². The number of nitrogens with one attached hydrogen (secondary N) is 2. The second-order valence-electron chi connectivity index (χ2n) is 8.40. The molecule has 24 heavy (non-hydrogen) atoms. The van der Waals surface area contributed by atoms with Crippen LogP contribution in [0.25, 0.3) is 0 Å². The largest absolute Gasteiger partial charge is 0.350 e. The van der Waals surface area contributed by atoms with Crippen molar-refractivity contribution in [1.29, 1.82) is 0 Å². The summed E-state index contributed by atoms with van der Waals surface area (Å²) in [5.74, 6) is 2.73. The number of halogens is 1.